The van der Waals surface area contributed by atoms with Crippen molar-refractivity contribution in [2.75, 3.05) is 12.5 Å². The molecule has 0 fully saturated rings. The van der Waals surface area contributed by atoms with Gasteiger partial charge in [-0.3, -0.25) is 25.7 Å². The van der Waals surface area contributed by atoms with Gasteiger partial charge in [-0.2, -0.15) is 18.3 Å². The van der Waals surface area contributed by atoms with Gasteiger partial charge in [0.2, 0.25) is 5.75 Å². The van der Waals surface area contributed by atoms with Crippen LogP contribution in [0, 0.1) is 43.5 Å². The van der Waals surface area contributed by atoms with E-state index in [-0.39, 0.29) is 21.5 Å². The van der Waals surface area contributed by atoms with E-state index in [0.29, 0.717) is 6.07 Å². The first-order valence-corrected chi connectivity index (χ1v) is 10.7. The van der Waals surface area contributed by atoms with E-state index >= 15 is 0 Å². The van der Waals surface area contributed by atoms with Crippen LogP contribution in [0.5, 0.6) is 17.2 Å². The van der Waals surface area contributed by atoms with Crippen molar-refractivity contribution in [1.29, 1.82) is 0 Å². The summed E-state index contributed by atoms with van der Waals surface area (Å²) in [5, 5.41) is 25.6. The van der Waals surface area contributed by atoms with Crippen molar-refractivity contribution in [3.63, 3.8) is 0 Å². The normalized spacial score (nSPS) is 11.5. The van der Waals surface area contributed by atoms with Crippen molar-refractivity contribution in [2.45, 2.75) is 6.18 Å². The Morgan fingerprint density at radius 1 is 0.949 bits per heavy atom. The number of nitro groups is 2. The number of nitrogens with zero attached hydrogens (tertiary/aromatic N) is 3. The molecule has 3 aromatic carbocycles. The Kier molecular flexibility index (Phi) is 8.27. The lowest BCUT2D eigenvalue weighted by Gasteiger charge is -2.14. The lowest BCUT2D eigenvalue weighted by molar-refractivity contribution is -0.394. The third-order valence-electron chi connectivity index (χ3n) is 4.75. The highest BCUT2D eigenvalue weighted by molar-refractivity contribution is 9.10. The van der Waals surface area contributed by atoms with E-state index in [0.717, 1.165) is 25.5 Å². The molecule has 0 aromatic heterocycles. The third kappa shape index (κ3) is 6.00. The lowest BCUT2D eigenvalue weighted by atomic mass is 10.1. The van der Waals surface area contributed by atoms with Gasteiger partial charge in [-0.05, 0) is 39.7 Å². The fourth-order valence-corrected chi connectivity index (χ4v) is 3.56. The molecule has 0 atom stereocenters. The first-order chi connectivity index (χ1) is 18.2. The molecule has 39 heavy (non-hydrogen) atoms. The average molecular weight is 627 g/mol. The fourth-order valence-electron chi connectivity index (χ4n) is 3.02. The number of anilines is 1. The Hall–Kier alpha value is -4.48. The maximum Gasteiger partial charge on any atom is 0.422 e. The highest BCUT2D eigenvalue weighted by Gasteiger charge is 2.42. The van der Waals surface area contributed by atoms with Gasteiger partial charge in [-0.25, -0.2) is 17.6 Å². The summed E-state index contributed by atoms with van der Waals surface area (Å²) in [5.74, 6) is -10.7. The van der Waals surface area contributed by atoms with E-state index in [1.807, 2.05) is 0 Å². The standard InChI is InChI=1S/C21H10BrF7N4O6/c1-38-13-5-8(7-30-31-19-17(25)15(23)14(21(27,28)29)16(24)18(19)26)4-10(22)20(13)39-12-3-2-9(32(34)35)6-11(12)33(36)37/h2-7,31H,1H3. The Morgan fingerprint density at radius 2 is 1.56 bits per heavy atom. The number of rotatable bonds is 8. The summed E-state index contributed by atoms with van der Waals surface area (Å²) in [7, 11) is 1.16. The van der Waals surface area contributed by atoms with Gasteiger partial charge in [-0.1, -0.05) is 0 Å². The van der Waals surface area contributed by atoms with Gasteiger partial charge in [0.05, 0.1) is 33.7 Å². The monoisotopic (exact) mass is 626 g/mol. The van der Waals surface area contributed by atoms with Gasteiger partial charge < -0.3 is 9.47 Å². The number of ether oxygens (including phenoxy) is 2. The van der Waals surface area contributed by atoms with Crippen LogP contribution in [-0.2, 0) is 6.18 Å². The summed E-state index contributed by atoms with van der Waals surface area (Å²) in [6, 6.07) is 5.03. The number of halogens is 8. The molecule has 0 radical (unpaired) electrons. The molecular formula is C21H10BrF7N4O6. The van der Waals surface area contributed by atoms with Crippen LogP contribution in [0.2, 0.25) is 0 Å². The van der Waals surface area contributed by atoms with Crippen molar-refractivity contribution in [3.05, 3.63) is 89.4 Å². The molecule has 1 N–H and O–H groups in total. The molecule has 10 nitrogen and oxygen atoms in total. The van der Waals surface area contributed by atoms with Crippen LogP contribution in [0.1, 0.15) is 11.1 Å². The maximum absolute atomic E-state index is 14.0. The molecule has 18 heteroatoms. The largest absolute Gasteiger partial charge is 0.493 e. The molecule has 0 spiro atoms. The van der Waals surface area contributed by atoms with Crippen LogP contribution in [0.3, 0.4) is 0 Å². The third-order valence-corrected chi connectivity index (χ3v) is 5.34. The Bertz CT molecular complexity index is 1490. The molecule has 0 aliphatic heterocycles. The minimum absolute atomic E-state index is 0.0555. The zero-order chi connectivity index (χ0) is 29.2. The second kappa shape index (κ2) is 11.1. The molecule has 0 bridgehead atoms. The van der Waals surface area contributed by atoms with Crippen molar-refractivity contribution < 1.29 is 50.1 Å². The van der Waals surface area contributed by atoms with E-state index < -0.39 is 67.7 Å². The van der Waals surface area contributed by atoms with E-state index in [1.54, 1.807) is 5.43 Å². The van der Waals surface area contributed by atoms with Gasteiger partial charge in [0.1, 0.15) is 11.3 Å². The molecule has 0 aliphatic carbocycles. The van der Waals surface area contributed by atoms with Crippen LogP contribution < -0.4 is 14.9 Å². The van der Waals surface area contributed by atoms with E-state index in [9.17, 15) is 51.0 Å². The van der Waals surface area contributed by atoms with Gasteiger partial charge in [-0.15, -0.1) is 0 Å². The number of nitrogens with one attached hydrogen (secondary N) is 1. The minimum atomic E-state index is -5.71. The first-order valence-electron chi connectivity index (χ1n) is 9.87. The molecule has 0 heterocycles. The first kappa shape index (κ1) is 29.1. The average Bonchev–Trinajstić information content (AvgIpc) is 2.85. The van der Waals surface area contributed by atoms with Crippen LogP contribution in [0.15, 0.2) is 39.9 Å². The van der Waals surface area contributed by atoms with Crippen LogP contribution in [-0.4, -0.2) is 23.2 Å². The van der Waals surface area contributed by atoms with Crippen LogP contribution >= 0.6 is 15.9 Å². The van der Waals surface area contributed by atoms with Crippen molar-refractivity contribution in [2.24, 2.45) is 5.10 Å². The maximum atomic E-state index is 14.0. The minimum Gasteiger partial charge on any atom is -0.493 e. The molecule has 0 unspecified atom stereocenters. The predicted molar refractivity (Wildman–Crippen MR) is 123 cm³/mol. The topological polar surface area (TPSA) is 129 Å². The van der Waals surface area contributed by atoms with Crippen LogP contribution in [0.25, 0.3) is 0 Å². The van der Waals surface area contributed by atoms with Crippen molar-refractivity contribution >= 4 is 39.2 Å². The summed E-state index contributed by atoms with van der Waals surface area (Å²) in [6.07, 6.45) is -4.88. The van der Waals surface area contributed by atoms with E-state index in [1.165, 1.54) is 12.1 Å². The highest BCUT2D eigenvalue weighted by atomic mass is 79.9. The molecule has 0 amide bonds. The van der Waals surface area contributed by atoms with Crippen molar-refractivity contribution in [1.82, 2.24) is 0 Å². The number of alkyl halides is 3. The summed E-state index contributed by atoms with van der Waals surface area (Å²) < 4.78 is 104. The SMILES string of the molecule is COc1cc(C=NNc2c(F)c(F)c(C(F)(F)F)c(F)c2F)cc(Br)c1Oc1ccc([N+](=O)[O-])cc1[N+](=O)[O-]. The van der Waals surface area contributed by atoms with Gasteiger partial charge in [0, 0.05) is 6.07 Å². The molecule has 0 saturated carbocycles. The van der Waals surface area contributed by atoms with E-state index in [2.05, 4.69) is 21.0 Å². The second-order valence-corrected chi connectivity index (χ2v) is 8.03. The van der Waals surface area contributed by atoms with Gasteiger partial charge in [0.25, 0.3) is 5.69 Å². The summed E-state index contributed by atoms with van der Waals surface area (Å²) >= 11 is 3.11. The molecule has 3 aromatic rings. The van der Waals surface area contributed by atoms with Crippen LogP contribution in [0.4, 0.5) is 47.8 Å². The fraction of sp³-hybridized carbons (Fsp3) is 0.0952. The zero-order valence-electron chi connectivity index (χ0n) is 18.8. The molecular weight excluding hydrogens is 617 g/mol. The smallest absolute Gasteiger partial charge is 0.422 e. The number of benzene rings is 3. The summed E-state index contributed by atoms with van der Waals surface area (Å²) in [6.45, 7) is 0. The number of hydrogen-bond acceptors (Lipinski definition) is 8. The molecule has 0 aliphatic rings. The van der Waals surface area contributed by atoms with Crippen molar-refractivity contribution in [3.8, 4) is 17.2 Å². The van der Waals surface area contributed by atoms with E-state index in [4.69, 9.17) is 9.47 Å². The highest BCUT2D eigenvalue weighted by Crippen LogP contribution is 2.43. The Balaban J connectivity index is 1.93. The molecule has 3 rings (SSSR count). The second-order valence-electron chi connectivity index (χ2n) is 7.18. The molecule has 0 saturated heterocycles. The Labute approximate surface area is 220 Å². The number of non-ortho nitro benzene ring substituents is 1. The molecule has 206 valence electrons. The number of hydrazone groups is 1. The zero-order valence-corrected chi connectivity index (χ0v) is 20.4. The van der Waals surface area contributed by atoms with Gasteiger partial charge in [0.15, 0.2) is 34.8 Å². The Morgan fingerprint density at radius 3 is 2.08 bits per heavy atom. The summed E-state index contributed by atoms with van der Waals surface area (Å²) in [4.78, 5) is 20.5. The summed E-state index contributed by atoms with van der Waals surface area (Å²) in [5.41, 5.74) is -4.04. The number of methoxy groups -OCH3 is 1. The van der Waals surface area contributed by atoms with Gasteiger partial charge >= 0.3 is 11.9 Å². The quantitative estimate of drug-likeness (QED) is 0.0929. The lowest BCUT2D eigenvalue weighted by Crippen LogP contribution is -2.16. The predicted octanol–water partition coefficient (Wildman–Crippen LogP) is 7.09. The number of hydrogen-bond donors (Lipinski definition) is 1. The number of nitro benzene ring substituents is 2.